The molecule has 58 valence electrons. The van der Waals surface area contributed by atoms with E-state index in [9.17, 15) is 0 Å². The molecule has 0 saturated carbocycles. The zero-order valence-electron chi connectivity index (χ0n) is 6.12. The van der Waals surface area contributed by atoms with Crippen molar-refractivity contribution in [3.63, 3.8) is 0 Å². The molecular weight excluding hydrogens is 140 g/mol. The van der Waals surface area contributed by atoms with Crippen LogP contribution in [0.1, 0.15) is 5.56 Å². The highest BCUT2D eigenvalue weighted by atomic mass is 16.3. The molecule has 0 spiro atoms. The summed E-state index contributed by atoms with van der Waals surface area (Å²) < 4.78 is 0. The van der Waals surface area contributed by atoms with Crippen LogP contribution >= 0.6 is 0 Å². The first-order valence-corrected chi connectivity index (χ1v) is 3.33. The van der Waals surface area contributed by atoms with Crippen LogP contribution < -0.4 is 0 Å². The molecule has 2 nitrogen and oxygen atoms in total. The van der Waals surface area contributed by atoms with Crippen molar-refractivity contribution in [3.8, 4) is 5.75 Å². The van der Waals surface area contributed by atoms with Gasteiger partial charge in [0.05, 0.1) is 5.76 Å². The summed E-state index contributed by atoms with van der Waals surface area (Å²) in [5.74, 6) is 0.319. The van der Waals surface area contributed by atoms with Crippen LogP contribution in [0.2, 0.25) is 0 Å². The Morgan fingerprint density at radius 1 is 1.45 bits per heavy atom. The number of hydrogen-bond acceptors (Lipinski definition) is 2. The number of hydrogen-bond donors (Lipinski definition) is 2. The molecule has 0 amide bonds. The number of phenolic OH excluding ortho intramolecular Hbond substituents is 1. The van der Waals surface area contributed by atoms with Crippen LogP contribution in [0.4, 0.5) is 0 Å². The van der Waals surface area contributed by atoms with Crippen LogP contribution in [0.15, 0.2) is 36.6 Å². The highest BCUT2D eigenvalue weighted by Crippen LogP contribution is 2.12. The Kier molecular flexibility index (Phi) is 2.16. The lowest BCUT2D eigenvalue weighted by atomic mass is 10.1. The zero-order valence-corrected chi connectivity index (χ0v) is 6.12. The molecule has 1 aromatic rings. The third-order valence-electron chi connectivity index (χ3n) is 1.32. The van der Waals surface area contributed by atoms with Crippen molar-refractivity contribution < 1.29 is 10.2 Å². The first-order valence-electron chi connectivity index (χ1n) is 3.33. The van der Waals surface area contributed by atoms with Crippen LogP contribution in [-0.4, -0.2) is 10.2 Å². The fourth-order valence-electron chi connectivity index (χ4n) is 0.902. The van der Waals surface area contributed by atoms with E-state index in [0.717, 1.165) is 5.56 Å². The lowest BCUT2D eigenvalue weighted by molar-refractivity contribution is 0.401. The lowest BCUT2D eigenvalue weighted by Crippen LogP contribution is -1.86. The second kappa shape index (κ2) is 3.10. The lowest BCUT2D eigenvalue weighted by Gasteiger charge is -1.98. The molecule has 0 bridgehead atoms. The SMILES string of the molecule is C=C(O)Cc1cccc(O)c1. The largest absolute Gasteiger partial charge is 0.513 e. The molecule has 0 aliphatic carbocycles. The molecule has 0 radical (unpaired) electrons. The van der Waals surface area contributed by atoms with Gasteiger partial charge in [0.2, 0.25) is 0 Å². The van der Waals surface area contributed by atoms with Crippen molar-refractivity contribution >= 4 is 0 Å². The predicted molar refractivity (Wildman–Crippen MR) is 43.6 cm³/mol. The van der Waals surface area contributed by atoms with Crippen molar-refractivity contribution in [2.24, 2.45) is 0 Å². The van der Waals surface area contributed by atoms with Gasteiger partial charge in [0.15, 0.2) is 0 Å². The van der Waals surface area contributed by atoms with E-state index in [1.807, 2.05) is 6.07 Å². The number of rotatable bonds is 2. The van der Waals surface area contributed by atoms with E-state index in [1.54, 1.807) is 18.2 Å². The highest BCUT2D eigenvalue weighted by Gasteiger charge is 1.94. The third kappa shape index (κ3) is 2.34. The van der Waals surface area contributed by atoms with Gasteiger partial charge in [-0.3, -0.25) is 0 Å². The fourth-order valence-corrected chi connectivity index (χ4v) is 0.902. The molecule has 0 unspecified atom stereocenters. The molecule has 2 N–H and O–H groups in total. The maximum atomic E-state index is 9.01. The summed E-state index contributed by atoms with van der Waals surface area (Å²) in [5, 5.41) is 17.8. The van der Waals surface area contributed by atoms with Gasteiger partial charge in [-0.2, -0.15) is 0 Å². The van der Waals surface area contributed by atoms with Crippen molar-refractivity contribution in [2.75, 3.05) is 0 Å². The Labute approximate surface area is 65.4 Å². The van der Waals surface area contributed by atoms with Gasteiger partial charge in [-0.05, 0) is 17.7 Å². The van der Waals surface area contributed by atoms with E-state index in [-0.39, 0.29) is 11.5 Å². The van der Waals surface area contributed by atoms with Gasteiger partial charge in [-0.1, -0.05) is 18.7 Å². The third-order valence-corrected chi connectivity index (χ3v) is 1.32. The molecule has 11 heavy (non-hydrogen) atoms. The van der Waals surface area contributed by atoms with E-state index in [0.29, 0.717) is 6.42 Å². The van der Waals surface area contributed by atoms with E-state index in [4.69, 9.17) is 10.2 Å². The molecule has 0 atom stereocenters. The molecule has 0 aromatic heterocycles. The first kappa shape index (κ1) is 7.66. The van der Waals surface area contributed by atoms with E-state index in [2.05, 4.69) is 6.58 Å². The summed E-state index contributed by atoms with van der Waals surface area (Å²) >= 11 is 0. The second-order valence-electron chi connectivity index (χ2n) is 2.41. The summed E-state index contributed by atoms with van der Waals surface area (Å²) in [5.41, 5.74) is 0.859. The average Bonchev–Trinajstić information content (AvgIpc) is 1.85. The average molecular weight is 150 g/mol. The maximum absolute atomic E-state index is 9.01. The number of aliphatic hydroxyl groups excluding tert-OH is 1. The van der Waals surface area contributed by atoms with E-state index < -0.39 is 0 Å². The normalized spacial score (nSPS) is 9.45. The van der Waals surface area contributed by atoms with Gasteiger partial charge in [0.25, 0.3) is 0 Å². The summed E-state index contributed by atoms with van der Waals surface area (Å²) in [7, 11) is 0. The second-order valence-corrected chi connectivity index (χ2v) is 2.41. The molecule has 0 saturated heterocycles. The van der Waals surface area contributed by atoms with Crippen LogP contribution in [0, 0.1) is 0 Å². The smallest absolute Gasteiger partial charge is 0.115 e. The predicted octanol–water partition coefficient (Wildman–Crippen LogP) is 2.01. The Bertz CT molecular complexity index is 266. The number of aromatic hydroxyl groups is 1. The topological polar surface area (TPSA) is 40.5 Å². The summed E-state index contributed by atoms with van der Waals surface area (Å²) in [6.07, 6.45) is 0.397. The first-order chi connectivity index (χ1) is 5.18. The number of benzene rings is 1. The van der Waals surface area contributed by atoms with Crippen LogP contribution in [0.5, 0.6) is 5.75 Å². The van der Waals surface area contributed by atoms with Gasteiger partial charge >= 0.3 is 0 Å². The van der Waals surface area contributed by atoms with Gasteiger partial charge in [0, 0.05) is 6.42 Å². The maximum Gasteiger partial charge on any atom is 0.115 e. The number of aliphatic hydroxyl groups is 1. The standard InChI is InChI=1S/C9H10O2/c1-7(10)5-8-3-2-4-9(11)6-8/h2-4,6,10-11H,1,5H2. The highest BCUT2D eigenvalue weighted by molar-refractivity contribution is 5.28. The molecular formula is C9H10O2. The van der Waals surface area contributed by atoms with Crippen molar-refractivity contribution in [3.05, 3.63) is 42.2 Å². The zero-order chi connectivity index (χ0) is 8.27. The number of phenols is 1. The Balaban J connectivity index is 2.79. The Hall–Kier alpha value is -1.44. The monoisotopic (exact) mass is 150 g/mol. The molecule has 1 aromatic carbocycles. The molecule has 0 fully saturated rings. The van der Waals surface area contributed by atoms with E-state index >= 15 is 0 Å². The van der Waals surface area contributed by atoms with Gasteiger partial charge < -0.3 is 10.2 Å². The molecule has 0 aliphatic heterocycles. The minimum Gasteiger partial charge on any atom is -0.513 e. The Morgan fingerprint density at radius 2 is 2.18 bits per heavy atom. The van der Waals surface area contributed by atoms with Crippen LogP contribution in [-0.2, 0) is 6.42 Å². The number of allylic oxidation sites excluding steroid dienone is 1. The summed E-state index contributed by atoms with van der Waals surface area (Å²) in [4.78, 5) is 0. The fraction of sp³-hybridized carbons (Fsp3) is 0.111. The van der Waals surface area contributed by atoms with Gasteiger partial charge in [-0.15, -0.1) is 0 Å². The Morgan fingerprint density at radius 3 is 2.73 bits per heavy atom. The molecule has 0 heterocycles. The quantitative estimate of drug-likeness (QED) is 0.633. The summed E-state index contributed by atoms with van der Waals surface area (Å²) in [6, 6.07) is 6.74. The van der Waals surface area contributed by atoms with E-state index in [1.165, 1.54) is 0 Å². The van der Waals surface area contributed by atoms with Crippen molar-refractivity contribution in [2.45, 2.75) is 6.42 Å². The van der Waals surface area contributed by atoms with Gasteiger partial charge in [-0.25, -0.2) is 0 Å². The molecule has 0 aliphatic rings. The van der Waals surface area contributed by atoms with Crippen LogP contribution in [0.25, 0.3) is 0 Å². The van der Waals surface area contributed by atoms with Gasteiger partial charge in [0.1, 0.15) is 5.75 Å². The van der Waals surface area contributed by atoms with Crippen molar-refractivity contribution in [1.82, 2.24) is 0 Å². The molecule has 2 heteroatoms. The minimum atomic E-state index is 0.107. The van der Waals surface area contributed by atoms with Crippen LogP contribution in [0.3, 0.4) is 0 Å². The minimum absolute atomic E-state index is 0.107. The molecule has 1 rings (SSSR count). The summed E-state index contributed by atoms with van der Waals surface area (Å²) in [6.45, 7) is 3.35. The van der Waals surface area contributed by atoms with Crippen molar-refractivity contribution in [1.29, 1.82) is 0 Å².